The molecule has 2 aliphatic heterocycles. The number of methoxy groups -OCH3 is 2. The monoisotopic (exact) mass is 357 g/mol. The SMILES string of the molecule is COc1cc2c(cc1OC)CN(C(=O)[C@@H]1CCCCn3nnnc31)CC2. The number of tetrazole rings is 1. The third-order valence-corrected chi connectivity index (χ3v) is 5.31. The molecule has 2 aromatic rings. The lowest BCUT2D eigenvalue weighted by Crippen LogP contribution is -2.39. The third kappa shape index (κ3) is 2.89. The van der Waals surface area contributed by atoms with Crippen LogP contribution in [0.3, 0.4) is 0 Å². The van der Waals surface area contributed by atoms with Crippen LogP contribution in [0.15, 0.2) is 12.1 Å². The maximum absolute atomic E-state index is 13.2. The molecule has 138 valence electrons. The molecular weight excluding hydrogens is 334 g/mol. The van der Waals surface area contributed by atoms with Crippen LogP contribution in [-0.2, 0) is 24.3 Å². The van der Waals surface area contributed by atoms with Gasteiger partial charge in [0.1, 0.15) is 0 Å². The molecule has 8 nitrogen and oxygen atoms in total. The fourth-order valence-corrected chi connectivity index (χ4v) is 3.89. The molecule has 1 amide bonds. The van der Waals surface area contributed by atoms with E-state index in [1.807, 2.05) is 17.0 Å². The van der Waals surface area contributed by atoms with Gasteiger partial charge in [-0.05, 0) is 52.9 Å². The molecule has 0 saturated carbocycles. The number of aryl methyl sites for hydroxylation is 1. The first-order valence-electron chi connectivity index (χ1n) is 9.00. The van der Waals surface area contributed by atoms with Crippen molar-refractivity contribution in [1.29, 1.82) is 0 Å². The molecule has 0 fully saturated rings. The van der Waals surface area contributed by atoms with E-state index in [4.69, 9.17) is 9.47 Å². The standard InChI is InChI=1S/C18H23N5O3/c1-25-15-9-12-6-8-22(11-13(12)10-16(15)26-2)18(24)14-5-3-4-7-23-17(14)19-20-21-23/h9-10,14H,3-8,11H2,1-2H3/t14-/m1/s1. The van der Waals surface area contributed by atoms with Crippen molar-refractivity contribution in [2.45, 2.75) is 44.7 Å². The Hall–Kier alpha value is -2.64. The number of hydrogen-bond acceptors (Lipinski definition) is 6. The Morgan fingerprint density at radius 2 is 1.88 bits per heavy atom. The fourth-order valence-electron chi connectivity index (χ4n) is 3.89. The summed E-state index contributed by atoms with van der Waals surface area (Å²) in [6, 6.07) is 3.99. The zero-order valence-electron chi connectivity index (χ0n) is 15.1. The van der Waals surface area contributed by atoms with E-state index in [1.54, 1.807) is 18.9 Å². The highest BCUT2D eigenvalue weighted by atomic mass is 16.5. The quantitative estimate of drug-likeness (QED) is 0.829. The number of hydrogen-bond donors (Lipinski definition) is 0. The van der Waals surface area contributed by atoms with Crippen LogP contribution in [0.5, 0.6) is 11.5 Å². The van der Waals surface area contributed by atoms with E-state index < -0.39 is 0 Å². The largest absolute Gasteiger partial charge is 0.493 e. The first-order valence-corrected chi connectivity index (χ1v) is 9.00. The van der Waals surface area contributed by atoms with Crippen LogP contribution in [-0.4, -0.2) is 51.8 Å². The molecule has 0 radical (unpaired) electrons. The second-order valence-corrected chi connectivity index (χ2v) is 6.79. The Morgan fingerprint density at radius 1 is 1.12 bits per heavy atom. The molecule has 4 rings (SSSR count). The second kappa shape index (κ2) is 6.93. The summed E-state index contributed by atoms with van der Waals surface area (Å²) in [6.45, 7) is 2.05. The molecule has 0 saturated heterocycles. The van der Waals surface area contributed by atoms with Crippen molar-refractivity contribution in [3.63, 3.8) is 0 Å². The van der Waals surface area contributed by atoms with Gasteiger partial charge in [0.15, 0.2) is 17.3 Å². The normalized spacial score (nSPS) is 19.3. The minimum Gasteiger partial charge on any atom is -0.493 e. The lowest BCUT2D eigenvalue weighted by Gasteiger charge is -2.31. The van der Waals surface area contributed by atoms with Gasteiger partial charge < -0.3 is 14.4 Å². The summed E-state index contributed by atoms with van der Waals surface area (Å²) in [7, 11) is 3.26. The van der Waals surface area contributed by atoms with Crippen molar-refractivity contribution in [3.05, 3.63) is 29.1 Å². The van der Waals surface area contributed by atoms with Crippen LogP contribution in [0.1, 0.15) is 42.1 Å². The number of nitrogens with zero attached hydrogens (tertiary/aromatic N) is 5. The summed E-state index contributed by atoms with van der Waals surface area (Å²) in [5, 5.41) is 11.9. The molecular formula is C18H23N5O3. The predicted octanol–water partition coefficient (Wildman–Crippen LogP) is 1.54. The molecule has 2 aliphatic rings. The lowest BCUT2D eigenvalue weighted by atomic mass is 9.95. The van der Waals surface area contributed by atoms with Crippen molar-refractivity contribution in [2.75, 3.05) is 20.8 Å². The summed E-state index contributed by atoms with van der Waals surface area (Å²) in [4.78, 5) is 15.1. The molecule has 0 bridgehead atoms. The zero-order chi connectivity index (χ0) is 18.1. The topological polar surface area (TPSA) is 82.4 Å². The number of carbonyl (C=O) groups excluding carboxylic acids is 1. The summed E-state index contributed by atoms with van der Waals surface area (Å²) in [5.74, 6) is 1.98. The molecule has 26 heavy (non-hydrogen) atoms. The van der Waals surface area contributed by atoms with Gasteiger partial charge in [0, 0.05) is 19.6 Å². The highest BCUT2D eigenvalue weighted by Gasteiger charge is 2.33. The van der Waals surface area contributed by atoms with Gasteiger partial charge >= 0.3 is 0 Å². The third-order valence-electron chi connectivity index (χ3n) is 5.31. The minimum absolute atomic E-state index is 0.114. The van der Waals surface area contributed by atoms with Crippen molar-refractivity contribution in [2.24, 2.45) is 0 Å². The van der Waals surface area contributed by atoms with Gasteiger partial charge in [-0.3, -0.25) is 4.79 Å². The molecule has 1 aromatic carbocycles. The van der Waals surface area contributed by atoms with E-state index >= 15 is 0 Å². The van der Waals surface area contributed by atoms with Crippen LogP contribution >= 0.6 is 0 Å². The zero-order valence-corrected chi connectivity index (χ0v) is 15.1. The Balaban J connectivity index is 1.58. The van der Waals surface area contributed by atoms with Crippen molar-refractivity contribution in [1.82, 2.24) is 25.1 Å². The number of carbonyl (C=O) groups is 1. The van der Waals surface area contributed by atoms with Crippen LogP contribution in [0, 0.1) is 0 Å². The molecule has 1 atom stereocenters. The molecule has 1 aromatic heterocycles. The second-order valence-electron chi connectivity index (χ2n) is 6.79. The van der Waals surface area contributed by atoms with Gasteiger partial charge in [-0.2, -0.15) is 0 Å². The van der Waals surface area contributed by atoms with Gasteiger partial charge in [0.2, 0.25) is 5.91 Å². The number of rotatable bonds is 3. The summed E-state index contributed by atoms with van der Waals surface area (Å²) in [5.41, 5.74) is 2.31. The Morgan fingerprint density at radius 3 is 2.65 bits per heavy atom. The first-order chi connectivity index (χ1) is 12.7. The highest BCUT2D eigenvalue weighted by Crippen LogP contribution is 2.34. The van der Waals surface area contributed by atoms with Gasteiger partial charge in [-0.1, -0.05) is 6.42 Å². The molecule has 0 aliphatic carbocycles. The average molecular weight is 357 g/mol. The van der Waals surface area contributed by atoms with Gasteiger partial charge in [0.05, 0.1) is 20.1 Å². The van der Waals surface area contributed by atoms with Crippen molar-refractivity contribution >= 4 is 5.91 Å². The fraction of sp³-hybridized carbons (Fsp3) is 0.556. The van der Waals surface area contributed by atoms with Crippen LogP contribution in [0.2, 0.25) is 0 Å². The Kier molecular flexibility index (Phi) is 4.48. The van der Waals surface area contributed by atoms with Crippen molar-refractivity contribution < 1.29 is 14.3 Å². The summed E-state index contributed by atoms with van der Waals surface area (Å²) >= 11 is 0. The molecule has 8 heteroatoms. The van der Waals surface area contributed by atoms with Gasteiger partial charge in [-0.25, -0.2) is 4.68 Å². The van der Waals surface area contributed by atoms with Crippen LogP contribution < -0.4 is 9.47 Å². The van der Waals surface area contributed by atoms with Crippen molar-refractivity contribution in [3.8, 4) is 11.5 Å². The Labute approximate surface area is 152 Å². The van der Waals surface area contributed by atoms with Crippen LogP contribution in [0.25, 0.3) is 0 Å². The predicted molar refractivity (Wildman–Crippen MR) is 93.1 cm³/mol. The molecule has 0 spiro atoms. The van der Waals surface area contributed by atoms with E-state index in [1.165, 1.54) is 5.56 Å². The lowest BCUT2D eigenvalue weighted by molar-refractivity contribution is -0.134. The number of aromatic nitrogens is 4. The maximum Gasteiger partial charge on any atom is 0.233 e. The average Bonchev–Trinajstić information content (AvgIpc) is 3.05. The summed E-state index contributed by atoms with van der Waals surface area (Å²) < 4.78 is 12.6. The van der Waals surface area contributed by atoms with E-state index in [0.29, 0.717) is 24.7 Å². The molecule has 3 heterocycles. The number of fused-ring (bicyclic) bond motifs is 2. The molecule has 0 N–H and O–H groups in total. The number of benzene rings is 1. The van der Waals surface area contributed by atoms with E-state index in [0.717, 1.165) is 43.5 Å². The van der Waals surface area contributed by atoms with E-state index in [9.17, 15) is 4.79 Å². The number of ether oxygens (including phenoxy) is 2. The Bertz CT molecular complexity index is 819. The summed E-state index contributed by atoms with van der Waals surface area (Å²) in [6.07, 6.45) is 3.60. The molecule has 0 unspecified atom stereocenters. The van der Waals surface area contributed by atoms with Gasteiger partial charge in [-0.15, -0.1) is 5.10 Å². The van der Waals surface area contributed by atoms with Gasteiger partial charge in [0.25, 0.3) is 0 Å². The number of amides is 1. The minimum atomic E-state index is -0.255. The highest BCUT2D eigenvalue weighted by molar-refractivity contribution is 5.83. The van der Waals surface area contributed by atoms with Crippen LogP contribution in [0.4, 0.5) is 0 Å². The first kappa shape index (κ1) is 16.8. The smallest absolute Gasteiger partial charge is 0.233 e. The maximum atomic E-state index is 13.2. The van der Waals surface area contributed by atoms with E-state index in [-0.39, 0.29) is 11.8 Å². The van der Waals surface area contributed by atoms with E-state index in [2.05, 4.69) is 15.5 Å².